The topological polar surface area (TPSA) is 121 Å². The lowest BCUT2D eigenvalue weighted by molar-refractivity contribution is -0.577. The third-order valence-electron chi connectivity index (χ3n) is 4.29. The number of halogens is 3. The Balaban J connectivity index is 2.12. The Morgan fingerprint density at radius 2 is 1.86 bits per heavy atom. The summed E-state index contributed by atoms with van der Waals surface area (Å²) in [4.78, 5) is 30.6. The lowest BCUT2D eigenvalue weighted by Crippen LogP contribution is -2.43. The van der Waals surface area contributed by atoms with Crippen molar-refractivity contribution >= 4 is 5.91 Å². The number of aromatic nitrogens is 2. The average molecular weight is 406 g/mol. The molecule has 0 spiro atoms. The highest BCUT2D eigenvalue weighted by Crippen LogP contribution is 2.43. The maximum absolute atomic E-state index is 12.9. The zero-order valence-corrected chi connectivity index (χ0v) is 14.6. The number of hydrogen-bond acceptors (Lipinski definition) is 6. The number of carbonyl (C=O) groups excluding carboxylic acids is 1. The van der Waals surface area contributed by atoms with Gasteiger partial charge in [0, 0.05) is 16.1 Å². The Morgan fingerprint density at radius 3 is 2.38 bits per heavy atom. The molecule has 0 bridgehead atoms. The van der Waals surface area contributed by atoms with E-state index in [4.69, 9.17) is 5.73 Å². The van der Waals surface area contributed by atoms with E-state index in [2.05, 4.69) is 14.7 Å². The molecular weight excluding hydrogens is 393 g/mol. The van der Waals surface area contributed by atoms with Crippen LogP contribution in [0, 0.1) is 10.1 Å². The minimum Gasteiger partial charge on any atom is -0.402 e. The van der Waals surface area contributed by atoms with Crippen LogP contribution in [0.25, 0.3) is 11.3 Å². The van der Waals surface area contributed by atoms with Gasteiger partial charge in [0.25, 0.3) is 0 Å². The second-order valence-corrected chi connectivity index (χ2v) is 6.08. The molecule has 1 atom stereocenters. The fraction of sp³-hybridized carbons (Fsp3) is 0.167. The van der Waals surface area contributed by atoms with Crippen LogP contribution < -0.4 is 5.73 Å². The quantitative estimate of drug-likeness (QED) is 0.602. The van der Waals surface area contributed by atoms with Crippen LogP contribution in [0.15, 0.2) is 66.2 Å². The Kier molecular flexibility index (Phi) is 5.06. The molecule has 150 valence electrons. The van der Waals surface area contributed by atoms with Gasteiger partial charge in [-0.25, -0.2) is 4.98 Å². The molecule has 0 radical (unpaired) electrons. The Morgan fingerprint density at radius 1 is 1.17 bits per heavy atom. The molecule has 2 aromatic rings. The van der Waals surface area contributed by atoms with Crippen molar-refractivity contribution in [2.75, 3.05) is 0 Å². The number of primary amides is 1. The molecule has 0 fully saturated rings. The van der Waals surface area contributed by atoms with E-state index in [0.29, 0.717) is 17.3 Å². The van der Waals surface area contributed by atoms with Gasteiger partial charge in [0.15, 0.2) is 5.76 Å². The maximum Gasteiger partial charge on any atom is 0.573 e. The first kappa shape index (κ1) is 20.0. The number of alkyl halides is 3. The van der Waals surface area contributed by atoms with Crippen molar-refractivity contribution in [1.29, 1.82) is 0 Å². The van der Waals surface area contributed by atoms with Gasteiger partial charge in [-0.3, -0.25) is 19.9 Å². The zero-order chi connectivity index (χ0) is 21.2. The summed E-state index contributed by atoms with van der Waals surface area (Å²) >= 11 is 0. The van der Waals surface area contributed by atoms with Crippen molar-refractivity contribution in [2.24, 2.45) is 5.73 Å². The summed E-state index contributed by atoms with van der Waals surface area (Å²) in [6.45, 7) is 0. The van der Waals surface area contributed by atoms with Gasteiger partial charge in [-0.15, -0.1) is 13.2 Å². The van der Waals surface area contributed by atoms with Crippen LogP contribution in [0.5, 0.6) is 0 Å². The molecule has 11 heteroatoms. The van der Waals surface area contributed by atoms with Gasteiger partial charge in [-0.1, -0.05) is 30.3 Å². The highest BCUT2D eigenvalue weighted by Gasteiger charge is 2.57. The van der Waals surface area contributed by atoms with Crippen LogP contribution in [0.3, 0.4) is 0 Å². The number of hydrogen-bond donors (Lipinski definition) is 1. The van der Waals surface area contributed by atoms with Crippen molar-refractivity contribution in [3.8, 4) is 11.3 Å². The zero-order valence-electron chi connectivity index (χ0n) is 14.6. The first-order valence-electron chi connectivity index (χ1n) is 8.13. The number of carbonyl (C=O) groups is 1. The van der Waals surface area contributed by atoms with Crippen LogP contribution in [-0.4, -0.2) is 27.2 Å². The molecule has 0 saturated carbocycles. The van der Waals surface area contributed by atoms with Gasteiger partial charge >= 0.3 is 11.9 Å². The van der Waals surface area contributed by atoms with Crippen molar-refractivity contribution < 1.29 is 27.6 Å². The lowest BCUT2D eigenvalue weighted by atomic mass is 9.82. The number of nitrogens with two attached hydrogens (primary N) is 1. The normalized spacial score (nSPS) is 19.1. The summed E-state index contributed by atoms with van der Waals surface area (Å²) in [7, 11) is 0. The van der Waals surface area contributed by atoms with Gasteiger partial charge in [-0.05, 0) is 12.2 Å². The standard InChI is InChI=1S/C18H13F3N4O4/c19-18(20,21)29-15-7-6-12(16(22)26)8-17(15,25(27)28)14-10-23-13(9-24-14)11-4-2-1-3-5-11/h1-7,9-10H,8H2,(H2,22,26). The van der Waals surface area contributed by atoms with E-state index in [1.54, 1.807) is 30.3 Å². The van der Waals surface area contributed by atoms with Crippen LogP contribution in [0.2, 0.25) is 0 Å². The summed E-state index contributed by atoms with van der Waals surface area (Å²) in [5, 5.41) is 12.0. The smallest absolute Gasteiger partial charge is 0.402 e. The molecule has 1 unspecified atom stereocenters. The van der Waals surface area contributed by atoms with Crippen LogP contribution in [0.1, 0.15) is 12.1 Å². The fourth-order valence-electron chi connectivity index (χ4n) is 2.91. The molecule has 0 saturated heterocycles. The van der Waals surface area contributed by atoms with Gasteiger partial charge in [0.1, 0.15) is 5.69 Å². The van der Waals surface area contributed by atoms with Gasteiger partial charge in [0.2, 0.25) is 5.91 Å². The number of allylic oxidation sites excluding steroid dienone is 2. The second kappa shape index (κ2) is 7.34. The summed E-state index contributed by atoms with van der Waals surface area (Å²) < 4.78 is 42.5. The first-order chi connectivity index (χ1) is 13.6. The molecular formula is C18H13F3N4O4. The average Bonchev–Trinajstić information content (AvgIpc) is 2.67. The molecule has 1 heterocycles. The molecule has 1 aliphatic carbocycles. The van der Waals surface area contributed by atoms with E-state index < -0.39 is 40.6 Å². The number of rotatable bonds is 5. The van der Waals surface area contributed by atoms with E-state index in [1.807, 2.05) is 0 Å². The van der Waals surface area contributed by atoms with Crippen LogP contribution in [0.4, 0.5) is 13.2 Å². The van der Waals surface area contributed by atoms with Crippen LogP contribution in [-0.2, 0) is 15.1 Å². The molecule has 2 N–H and O–H groups in total. The summed E-state index contributed by atoms with van der Waals surface area (Å²) in [6, 6.07) is 8.70. The van der Waals surface area contributed by atoms with E-state index in [9.17, 15) is 28.1 Å². The summed E-state index contributed by atoms with van der Waals surface area (Å²) in [5.74, 6) is -2.05. The van der Waals surface area contributed by atoms with E-state index in [0.717, 1.165) is 12.3 Å². The Bertz CT molecular complexity index is 1000. The van der Waals surface area contributed by atoms with E-state index >= 15 is 0 Å². The van der Waals surface area contributed by atoms with Crippen molar-refractivity contribution in [3.05, 3.63) is 82.0 Å². The predicted molar refractivity (Wildman–Crippen MR) is 93.3 cm³/mol. The molecule has 3 rings (SSSR count). The van der Waals surface area contributed by atoms with Crippen LogP contribution >= 0.6 is 0 Å². The highest BCUT2D eigenvalue weighted by atomic mass is 19.4. The number of benzene rings is 1. The third kappa shape index (κ3) is 3.93. The van der Waals surface area contributed by atoms with Crippen molar-refractivity contribution in [2.45, 2.75) is 18.3 Å². The third-order valence-corrected chi connectivity index (χ3v) is 4.29. The van der Waals surface area contributed by atoms with E-state index in [1.165, 1.54) is 6.20 Å². The van der Waals surface area contributed by atoms with Crippen molar-refractivity contribution in [3.63, 3.8) is 0 Å². The number of nitrogens with zero attached hydrogens (tertiary/aromatic N) is 3. The lowest BCUT2D eigenvalue weighted by Gasteiger charge is -2.29. The van der Waals surface area contributed by atoms with Gasteiger partial charge in [0.05, 0.1) is 24.5 Å². The first-order valence-corrected chi connectivity index (χ1v) is 8.13. The molecule has 1 aliphatic rings. The minimum atomic E-state index is -5.19. The second-order valence-electron chi connectivity index (χ2n) is 6.08. The van der Waals surface area contributed by atoms with Gasteiger partial charge in [-0.2, -0.15) is 0 Å². The Hall–Kier alpha value is -3.76. The number of amides is 1. The number of nitro groups is 1. The van der Waals surface area contributed by atoms with E-state index in [-0.39, 0.29) is 5.57 Å². The molecule has 1 amide bonds. The molecule has 29 heavy (non-hydrogen) atoms. The fourth-order valence-corrected chi connectivity index (χ4v) is 2.91. The monoisotopic (exact) mass is 406 g/mol. The number of ether oxygens (including phenoxy) is 1. The van der Waals surface area contributed by atoms with Gasteiger partial charge < -0.3 is 10.5 Å². The highest BCUT2D eigenvalue weighted by molar-refractivity contribution is 5.92. The predicted octanol–water partition coefficient (Wildman–Crippen LogP) is 2.85. The molecule has 8 nitrogen and oxygen atoms in total. The maximum atomic E-state index is 12.9. The summed E-state index contributed by atoms with van der Waals surface area (Å²) in [5.41, 5.74) is 2.91. The largest absolute Gasteiger partial charge is 0.573 e. The summed E-state index contributed by atoms with van der Waals surface area (Å²) in [6.07, 6.45) is -2.12. The molecule has 1 aromatic carbocycles. The molecule has 0 aliphatic heterocycles. The van der Waals surface area contributed by atoms with Crippen molar-refractivity contribution in [1.82, 2.24) is 9.97 Å². The molecule has 1 aromatic heterocycles. The Labute approximate surface area is 161 Å². The minimum absolute atomic E-state index is 0.245. The SMILES string of the molecule is NC(=O)C1=CC=C(OC(F)(F)F)C(c2cnc(-c3ccccc3)cn2)([N+](=O)[O-])C1.